The van der Waals surface area contributed by atoms with Gasteiger partial charge in [-0.3, -0.25) is 4.79 Å². The standard InChI is InChI=1S/C12H17N3O3/c1-2-10(12(13)15-18)14-11(17)7-8-4-3-5-9(16)6-8/h3-6,10,16,18H,2,7H2,1H3,(H2,13,15)(H,14,17). The van der Waals surface area contributed by atoms with Gasteiger partial charge in [-0.1, -0.05) is 24.2 Å². The fourth-order valence-corrected chi connectivity index (χ4v) is 1.55. The molecule has 6 heteroatoms. The zero-order valence-electron chi connectivity index (χ0n) is 10.1. The first-order valence-corrected chi connectivity index (χ1v) is 5.61. The fourth-order valence-electron chi connectivity index (χ4n) is 1.55. The molecule has 1 amide bonds. The molecule has 0 saturated carbocycles. The van der Waals surface area contributed by atoms with Gasteiger partial charge in [0.05, 0.1) is 12.5 Å². The largest absolute Gasteiger partial charge is 0.508 e. The Balaban J connectivity index is 2.61. The average Bonchev–Trinajstić information content (AvgIpc) is 2.35. The van der Waals surface area contributed by atoms with E-state index in [0.29, 0.717) is 12.0 Å². The topological polar surface area (TPSA) is 108 Å². The summed E-state index contributed by atoms with van der Waals surface area (Å²) in [6, 6.07) is 5.97. The van der Waals surface area contributed by atoms with Gasteiger partial charge in [-0.25, -0.2) is 0 Å². The lowest BCUT2D eigenvalue weighted by atomic mass is 10.1. The predicted octanol–water partition coefficient (Wildman–Crippen LogP) is 0.576. The molecule has 1 unspecified atom stereocenters. The number of aromatic hydroxyl groups is 1. The Bertz CT molecular complexity index is 446. The van der Waals surface area contributed by atoms with E-state index in [-0.39, 0.29) is 23.9 Å². The van der Waals surface area contributed by atoms with E-state index in [2.05, 4.69) is 10.5 Å². The minimum absolute atomic E-state index is 0.0261. The van der Waals surface area contributed by atoms with Crippen LogP contribution in [0.1, 0.15) is 18.9 Å². The van der Waals surface area contributed by atoms with Gasteiger partial charge in [-0.05, 0) is 24.1 Å². The third-order valence-electron chi connectivity index (χ3n) is 2.49. The van der Waals surface area contributed by atoms with E-state index in [1.807, 2.05) is 6.92 Å². The van der Waals surface area contributed by atoms with Crippen molar-refractivity contribution in [3.05, 3.63) is 29.8 Å². The summed E-state index contributed by atoms with van der Waals surface area (Å²) in [6.07, 6.45) is 0.658. The number of phenolic OH excluding ortho intramolecular Hbond substituents is 1. The number of nitrogens with two attached hydrogens (primary N) is 1. The molecule has 1 atom stereocenters. The number of oxime groups is 1. The first-order chi connectivity index (χ1) is 8.56. The molecule has 0 radical (unpaired) electrons. The number of amidine groups is 1. The number of hydrogen-bond acceptors (Lipinski definition) is 4. The van der Waals surface area contributed by atoms with Crippen LogP contribution in [-0.2, 0) is 11.2 Å². The lowest BCUT2D eigenvalue weighted by Gasteiger charge is -2.15. The first kappa shape index (κ1) is 13.8. The monoisotopic (exact) mass is 251 g/mol. The van der Waals surface area contributed by atoms with Crippen LogP contribution in [0.5, 0.6) is 5.75 Å². The van der Waals surface area contributed by atoms with Crippen molar-refractivity contribution in [3.8, 4) is 5.75 Å². The van der Waals surface area contributed by atoms with Crippen LogP contribution in [0.15, 0.2) is 29.4 Å². The van der Waals surface area contributed by atoms with Crippen molar-refractivity contribution in [3.63, 3.8) is 0 Å². The Morgan fingerprint density at radius 2 is 2.28 bits per heavy atom. The van der Waals surface area contributed by atoms with Crippen LogP contribution in [0.2, 0.25) is 0 Å². The van der Waals surface area contributed by atoms with E-state index in [4.69, 9.17) is 10.9 Å². The number of benzene rings is 1. The van der Waals surface area contributed by atoms with Crippen molar-refractivity contribution in [1.29, 1.82) is 0 Å². The van der Waals surface area contributed by atoms with Crippen LogP contribution in [0.3, 0.4) is 0 Å². The molecule has 0 saturated heterocycles. The molecule has 1 aromatic carbocycles. The number of nitrogens with zero attached hydrogens (tertiary/aromatic N) is 1. The molecular formula is C12H17N3O3. The van der Waals surface area contributed by atoms with Gasteiger partial charge in [0, 0.05) is 0 Å². The summed E-state index contributed by atoms with van der Waals surface area (Å²) in [5.74, 6) is -0.162. The maximum Gasteiger partial charge on any atom is 0.225 e. The summed E-state index contributed by atoms with van der Waals surface area (Å²) in [7, 11) is 0. The van der Waals surface area contributed by atoms with Crippen molar-refractivity contribution in [1.82, 2.24) is 5.32 Å². The predicted molar refractivity (Wildman–Crippen MR) is 67.4 cm³/mol. The van der Waals surface area contributed by atoms with Gasteiger partial charge in [0.1, 0.15) is 5.75 Å². The zero-order chi connectivity index (χ0) is 13.5. The number of carbonyl (C=O) groups is 1. The Hall–Kier alpha value is -2.24. The Kier molecular flexibility index (Phi) is 4.98. The maximum atomic E-state index is 11.7. The van der Waals surface area contributed by atoms with Crippen molar-refractivity contribution in [2.75, 3.05) is 0 Å². The summed E-state index contributed by atoms with van der Waals surface area (Å²) < 4.78 is 0. The van der Waals surface area contributed by atoms with Crippen molar-refractivity contribution >= 4 is 11.7 Å². The van der Waals surface area contributed by atoms with E-state index in [1.165, 1.54) is 12.1 Å². The second-order valence-electron chi connectivity index (χ2n) is 3.90. The maximum absolute atomic E-state index is 11.7. The number of rotatable bonds is 5. The van der Waals surface area contributed by atoms with E-state index >= 15 is 0 Å². The molecule has 0 aliphatic rings. The highest BCUT2D eigenvalue weighted by Crippen LogP contribution is 2.11. The molecule has 18 heavy (non-hydrogen) atoms. The van der Waals surface area contributed by atoms with E-state index in [1.54, 1.807) is 12.1 Å². The molecule has 0 aromatic heterocycles. The van der Waals surface area contributed by atoms with Gasteiger partial charge in [0.15, 0.2) is 5.84 Å². The molecule has 1 aromatic rings. The van der Waals surface area contributed by atoms with E-state index in [9.17, 15) is 9.90 Å². The molecule has 0 aliphatic carbocycles. The molecule has 0 aliphatic heterocycles. The molecule has 98 valence electrons. The minimum atomic E-state index is -0.486. The second-order valence-corrected chi connectivity index (χ2v) is 3.90. The van der Waals surface area contributed by atoms with Gasteiger partial charge < -0.3 is 21.4 Å². The number of phenols is 1. The van der Waals surface area contributed by atoms with Crippen molar-refractivity contribution in [2.45, 2.75) is 25.8 Å². The summed E-state index contributed by atoms with van der Waals surface area (Å²) in [5.41, 5.74) is 6.13. The van der Waals surface area contributed by atoms with Crippen molar-refractivity contribution < 1.29 is 15.1 Å². The SMILES string of the molecule is CCC(NC(=O)Cc1cccc(O)c1)/C(N)=N/O. The van der Waals surface area contributed by atoms with Crippen molar-refractivity contribution in [2.24, 2.45) is 10.9 Å². The summed E-state index contributed by atoms with van der Waals surface area (Å²) in [5, 5.41) is 23.4. The van der Waals surface area contributed by atoms with Crippen LogP contribution < -0.4 is 11.1 Å². The van der Waals surface area contributed by atoms with Gasteiger partial charge in [0.25, 0.3) is 0 Å². The summed E-state index contributed by atoms with van der Waals surface area (Å²) in [4.78, 5) is 11.7. The van der Waals surface area contributed by atoms with Crippen LogP contribution >= 0.6 is 0 Å². The molecule has 6 nitrogen and oxygen atoms in total. The lowest BCUT2D eigenvalue weighted by Crippen LogP contribution is -2.44. The average molecular weight is 251 g/mol. The molecule has 0 heterocycles. The zero-order valence-corrected chi connectivity index (χ0v) is 10.1. The quantitative estimate of drug-likeness (QED) is 0.265. The van der Waals surface area contributed by atoms with Crippen LogP contribution in [0.4, 0.5) is 0 Å². The Morgan fingerprint density at radius 1 is 1.56 bits per heavy atom. The molecular weight excluding hydrogens is 234 g/mol. The molecule has 1 rings (SSSR count). The Labute approximate surface area is 105 Å². The number of hydrogen-bond donors (Lipinski definition) is 4. The molecule has 0 bridgehead atoms. The third-order valence-corrected chi connectivity index (χ3v) is 2.49. The minimum Gasteiger partial charge on any atom is -0.508 e. The smallest absolute Gasteiger partial charge is 0.225 e. The van der Waals surface area contributed by atoms with Gasteiger partial charge in [-0.15, -0.1) is 0 Å². The number of amides is 1. The Morgan fingerprint density at radius 3 is 2.83 bits per heavy atom. The molecule has 5 N–H and O–H groups in total. The van der Waals surface area contributed by atoms with Crippen LogP contribution in [0.25, 0.3) is 0 Å². The summed E-state index contributed by atoms with van der Waals surface area (Å²) in [6.45, 7) is 1.82. The normalized spacial score (nSPS) is 13.1. The number of nitrogens with one attached hydrogen (secondary N) is 1. The van der Waals surface area contributed by atoms with Gasteiger partial charge >= 0.3 is 0 Å². The second kappa shape index (κ2) is 6.48. The highest BCUT2D eigenvalue weighted by Gasteiger charge is 2.14. The van der Waals surface area contributed by atoms with Gasteiger partial charge in [0.2, 0.25) is 5.91 Å². The molecule has 0 spiro atoms. The van der Waals surface area contributed by atoms with E-state index < -0.39 is 6.04 Å². The highest BCUT2D eigenvalue weighted by molar-refractivity contribution is 5.90. The van der Waals surface area contributed by atoms with E-state index in [0.717, 1.165) is 0 Å². The first-order valence-electron chi connectivity index (χ1n) is 5.61. The lowest BCUT2D eigenvalue weighted by molar-refractivity contribution is -0.120. The van der Waals surface area contributed by atoms with Gasteiger partial charge in [-0.2, -0.15) is 0 Å². The van der Waals surface area contributed by atoms with Crippen LogP contribution in [-0.4, -0.2) is 28.1 Å². The highest BCUT2D eigenvalue weighted by atomic mass is 16.4. The summed E-state index contributed by atoms with van der Waals surface area (Å²) >= 11 is 0. The van der Waals surface area contributed by atoms with Crippen LogP contribution in [0, 0.1) is 0 Å². The molecule has 0 fully saturated rings. The number of carbonyl (C=O) groups excluding carboxylic acids is 1. The fraction of sp³-hybridized carbons (Fsp3) is 0.333. The third kappa shape index (κ3) is 3.97.